The van der Waals surface area contributed by atoms with Crippen LogP contribution in [0.15, 0.2) is 121 Å². The molecule has 0 radical (unpaired) electrons. The minimum absolute atomic E-state index is 0.0569. The highest BCUT2D eigenvalue weighted by Gasteiger charge is 2.44. The highest BCUT2D eigenvalue weighted by molar-refractivity contribution is 8.13. The van der Waals surface area contributed by atoms with Crippen LogP contribution in [-0.2, 0) is 52.0 Å². The van der Waals surface area contributed by atoms with Crippen molar-refractivity contribution in [3.05, 3.63) is 144 Å². The van der Waals surface area contributed by atoms with E-state index in [1.54, 1.807) is 11.8 Å². The van der Waals surface area contributed by atoms with Gasteiger partial charge in [-0.05, 0) is 35.1 Å². The Morgan fingerprint density at radius 3 is 1.21 bits per heavy atom. The zero-order valence-corrected chi connectivity index (χ0v) is 38.4. The molecule has 1 N–H and O–H groups in total. The SMILES string of the molecule is COC(=O)[C@@H]1C[C@H](CO)CN1C(=O)C(c1ccccc1)c1ccccc1.COC(=O)[C@@H]1C[C@H](COS(C)(=O)=O)CN1C(=O)C(c1ccccc1)c1ccccc1.CS(=O)(=O)Cl.[2H]CC. The Balaban J connectivity index is 0.000000293. The molecule has 2 saturated heterocycles. The molecular weight excluding hydrogens is 872 g/mol. The third-order valence-electron chi connectivity index (χ3n) is 10.1. The van der Waals surface area contributed by atoms with Crippen LogP contribution in [0, 0.1) is 11.8 Å². The zero-order valence-electron chi connectivity index (χ0n) is 37.0. The molecule has 0 unspecified atom stereocenters. The normalized spacial score (nSPS) is 18.4. The van der Waals surface area contributed by atoms with E-state index < -0.39 is 55.0 Å². The molecule has 4 aromatic rings. The molecule has 0 bridgehead atoms. The van der Waals surface area contributed by atoms with Crippen molar-refractivity contribution in [1.29, 1.82) is 0 Å². The summed E-state index contributed by atoms with van der Waals surface area (Å²) in [5.41, 5.74) is 3.38. The van der Waals surface area contributed by atoms with E-state index in [-0.39, 0.29) is 49.8 Å². The summed E-state index contributed by atoms with van der Waals surface area (Å²) in [5, 5.41) is 9.52. The largest absolute Gasteiger partial charge is 0.467 e. The number of methoxy groups -OCH3 is 2. The Morgan fingerprint density at radius 1 is 0.651 bits per heavy atom. The molecule has 2 fully saturated rings. The van der Waals surface area contributed by atoms with Crippen LogP contribution in [0.2, 0.25) is 0 Å². The predicted octanol–water partition coefficient (Wildman–Crippen LogP) is 5.60. The number of likely N-dealkylation sites (tertiary alicyclic amines) is 2. The third-order valence-corrected chi connectivity index (χ3v) is 10.7. The van der Waals surface area contributed by atoms with Gasteiger partial charge in [-0.15, -0.1) is 0 Å². The van der Waals surface area contributed by atoms with Gasteiger partial charge in [0.25, 0.3) is 10.1 Å². The Morgan fingerprint density at radius 2 is 0.937 bits per heavy atom. The number of aliphatic hydroxyl groups is 1. The van der Waals surface area contributed by atoms with Crippen molar-refractivity contribution in [2.75, 3.05) is 53.0 Å². The van der Waals surface area contributed by atoms with Gasteiger partial charge in [-0.2, -0.15) is 8.42 Å². The topological polar surface area (TPSA) is 191 Å². The number of nitrogens with zero attached hydrogens (tertiary/aromatic N) is 2. The quantitative estimate of drug-likeness (QED) is 0.105. The summed E-state index contributed by atoms with van der Waals surface area (Å²) in [6.45, 7) is 2.71. The highest BCUT2D eigenvalue weighted by Crippen LogP contribution is 2.34. The van der Waals surface area contributed by atoms with Crippen LogP contribution in [0.3, 0.4) is 0 Å². The summed E-state index contributed by atoms with van der Waals surface area (Å²) in [7, 11) is 0.291. The number of hydrogen-bond donors (Lipinski definition) is 1. The number of benzene rings is 4. The summed E-state index contributed by atoms with van der Waals surface area (Å²) in [6, 6.07) is 36.4. The number of carbonyl (C=O) groups excluding carboxylic acids is 4. The van der Waals surface area contributed by atoms with E-state index in [0.29, 0.717) is 19.9 Å². The Bertz CT molecular complexity index is 2210. The maximum Gasteiger partial charge on any atom is 0.328 e. The van der Waals surface area contributed by atoms with Gasteiger partial charge in [0, 0.05) is 43.6 Å². The van der Waals surface area contributed by atoms with Gasteiger partial charge in [0.05, 0.1) is 45.2 Å². The van der Waals surface area contributed by atoms with Gasteiger partial charge in [-0.3, -0.25) is 13.8 Å². The smallest absolute Gasteiger partial charge is 0.328 e. The maximum absolute atomic E-state index is 13.7. The molecule has 14 nitrogen and oxygen atoms in total. The lowest BCUT2D eigenvalue weighted by Crippen LogP contribution is -2.43. The van der Waals surface area contributed by atoms with Gasteiger partial charge in [0.2, 0.25) is 20.9 Å². The standard InChI is InChI=1S/C22H25NO6S.C21H23NO4.C2H6.CH3ClO2S/c1-28-22(25)19-13-16(15-29-30(2,26)27)14-23(19)21(24)20(17-9-5-3-6-10-17)18-11-7-4-8-12-18;1-26-21(25)18-12-15(14-23)13-22(18)20(24)19(16-8-4-2-5-9-16)17-10-6-3-7-11-17;1-2;1-5(2,3)4/h3-12,16,19-20H,13-15H2,1-2H3;2-11,15,18-19,23H,12-14H2,1H3;1-2H3;1H3/t16-,19-;15-,18-;;/m00../s1/i;;1D;. The summed E-state index contributed by atoms with van der Waals surface area (Å²) >= 11 is 0. The monoisotopic (exact) mass is 929 g/mol. The molecule has 6 rings (SSSR count). The van der Waals surface area contributed by atoms with Gasteiger partial charge in [-0.25, -0.2) is 18.0 Å². The number of esters is 2. The number of halogens is 1. The second-order valence-electron chi connectivity index (χ2n) is 14.6. The van der Waals surface area contributed by atoms with Gasteiger partial charge in [0.1, 0.15) is 12.1 Å². The lowest BCUT2D eigenvalue weighted by atomic mass is 9.90. The van der Waals surface area contributed by atoms with Crippen molar-refractivity contribution in [2.45, 2.75) is 50.6 Å². The summed E-state index contributed by atoms with van der Waals surface area (Å²) in [4.78, 5) is 54.8. The molecular formula is C46H57ClN2O12S2. The fraction of sp³-hybridized carbons (Fsp3) is 0.391. The lowest BCUT2D eigenvalue weighted by molar-refractivity contribution is -0.151. The van der Waals surface area contributed by atoms with Gasteiger partial charge in [-0.1, -0.05) is 135 Å². The summed E-state index contributed by atoms with van der Waals surface area (Å²) < 4.78 is 62.4. The van der Waals surface area contributed by atoms with E-state index in [4.69, 9.17) is 15.0 Å². The Kier molecular flexibility index (Phi) is 20.2. The summed E-state index contributed by atoms with van der Waals surface area (Å²) in [5.74, 6) is -2.83. The Hall–Kier alpha value is -5.13. The molecule has 63 heavy (non-hydrogen) atoms. The van der Waals surface area contributed by atoms with Crippen LogP contribution in [0.25, 0.3) is 0 Å². The second-order valence-corrected chi connectivity index (χ2v) is 19.3. The fourth-order valence-corrected chi connectivity index (χ4v) is 7.83. The first-order chi connectivity index (χ1) is 30.4. The van der Waals surface area contributed by atoms with Crippen LogP contribution < -0.4 is 0 Å². The van der Waals surface area contributed by atoms with Crippen molar-refractivity contribution in [3.8, 4) is 0 Å². The first-order valence-corrected chi connectivity index (χ1v) is 24.5. The molecule has 4 aromatic carbocycles. The molecule has 0 aliphatic carbocycles. The fourth-order valence-electron chi connectivity index (χ4n) is 7.39. The third kappa shape index (κ3) is 16.2. The van der Waals surface area contributed by atoms with Crippen molar-refractivity contribution >= 4 is 53.6 Å². The van der Waals surface area contributed by atoms with E-state index in [0.717, 1.165) is 34.8 Å². The molecule has 17 heteroatoms. The zero-order chi connectivity index (χ0) is 47.5. The molecule has 2 heterocycles. The molecule has 0 saturated carbocycles. The summed E-state index contributed by atoms with van der Waals surface area (Å²) in [6.07, 6.45) is 2.60. The number of aliphatic hydroxyl groups excluding tert-OH is 1. The molecule has 2 amide bonds. The van der Waals surface area contributed by atoms with Crippen LogP contribution in [0.5, 0.6) is 0 Å². The van der Waals surface area contributed by atoms with Crippen molar-refractivity contribution in [1.82, 2.24) is 9.80 Å². The molecule has 342 valence electrons. The molecule has 0 aromatic heterocycles. The van der Waals surface area contributed by atoms with E-state index in [1.165, 1.54) is 19.1 Å². The highest BCUT2D eigenvalue weighted by atomic mass is 35.7. The van der Waals surface area contributed by atoms with E-state index in [1.807, 2.05) is 121 Å². The van der Waals surface area contributed by atoms with Gasteiger partial charge < -0.3 is 24.4 Å². The maximum atomic E-state index is 13.7. The van der Waals surface area contributed by atoms with Crippen molar-refractivity contribution < 1.29 is 56.1 Å². The number of ether oxygens (including phenoxy) is 2. The average Bonchev–Trinajstić information content (AvgIpc) is 3.92. The number of amides is 2. The second kappa shape index (κ2) is 25.2. The van der Waals surface area contributed by atoms with Crippen LogP contribution in [0.4, 0.5) is 0 Å². The van der Waals surface area contributed by atoms with E-state index in [9.17, 15) is 41.1 Å². The Labute approximate surface area is 377 Å². The van der Waals surface area contributed by atoms with Crippen molar-refractivity contribution in [3.63, 3.8) is 0 Å². The molecule has 0 spiro atoms. The van der Waals surface area contributed by atoms with E-state index in [2.05, 4.69) is 10.7 Å². The van der Waals surface area contributed by atoms with Crippen molar-refractivity contribution in [2.24, 2.45) is 11.8 Å². The van der Waals surface area contributed by atoms with E-state index >= 15 is 0 Å². The molecule has 2 aliphatic rings. The average molecular weight is 931 g/mol. The molecule has 4 atom stereocenters. The number of hydrogen-bond acceptors (Lipinski definition) is 12. The number of rotatable bonds is 12. The van der Waals surface area contributed by atoms with Gasteiger partial charge >= 0.3 is 11.9 Å². The minimum Gasteiger partial charge on any atom is -0.467 e. The first kappa shape index (κ1) is 50.5. The van der Waals surface area contributed by atoms with Crippen LogP contribution in [0.1, 0.15) is 62.1 Å². The number of carbonyl (C=O) groups is 4. The predicted molar refractivity (Wildman–Crippen MR) is 241 cm³/mol. The molecule has 2 aliphatic heterocycles. The van der Waals surface area contributed by atoms with Crippen LogP contribution in [-0.4, -0.2) is 121 Å². The first-order valence-electron chi connectivity index (χ1n) is 20.7. The minimum atomic E-state index is -3.61. The lowest BCUT2D eigenvalue weighted by Gasteiger charge is -2.28. The van der Waals surface area contributed by atoms with Gasteiger partial charge in [0.15, 0.2) is 0 Å². The van der Waals surface area contributed by atoms with Crippen LogP contribution >= 0.6 is 10.7 Å².